The van der Waals surface area contributed by atoms with E-state index in [0.717, 1.165) is 0 Å². The fraction of sp³-hybridized carbons (Fsp3) is 0.0357. The molecule has 4 heterocycles. The van der Waals surface area contributed by atoms with Gasteiger partial charge < -0.3 is 9.80 Å². The molecule has 0 bridgehead atoms. The van der Waals surface area contributed by atoms with E-state index in [9.17, 15) is 0 Å². The van der Waals surface area contributed by atoms with Crippen molar-refractivity contribution in [2.45, 2.75) is 10.8 Å². The Morgan fingerprint density at radius 3 is 0.966 bits per heavy atom. The molecule has 0 spiro atoms. The average molecular weight is 749 g/mol. The van der Waals surface area contributed by atoms with Crippen molar-refractivity contribution < 1.29 is 0 Å². The van der Waals surface area contributed by atoms with Crippen molar-refractivity contribution in [3.63, 3.8) is 0 Å². The van der Waals surface area contributed by atoms with Crippen LogP contribution in [-0.2, 0) is 10.8 Å². The van der Waals surface area contributed by atoms with E-state index in [1.54, 1.807) is 0 Å². The predicted molar refractivity (Wildman–Crippen MR) is 244 cm³/mol. The van der Waals surface area contributed by atoms with E-state index < -0.39 is 10.8 Å². The number of nitrogens with zero attached hydrogens (tertiary/aromatic N) is 2. The van der Waals surface area contributed by atoms with E-state index in [0.29, 0.717) is 0 Å². The van der Waals surface area contributed by atoms with Gasteiger partial charge >= 0.3 is 0 Å². The average Bonchev–Trinajstić information content (AvgIpc) is 3.32. The molecule has 0 atom stereocenters. The molecule has 274 valence electrons. The van der Waals surface area contributed by atoms with Crippen molar-refractivity contribution in [3.8, 4) is 0 Å². The second kappa shape index (κ2) is 12.1. The first-order valence-electron chi connectivity index (χ1n) is 20.7. The molecule has 2 nitrogen and oxygen atoms in total. The SMILES string of the molecule is c1ccc(C2(c3ccccc3)c3ccccc3N3c4cccc5c4B(c4cccc2c43)c2cccc3c2N5c2ccccc2C3(c2ccccc2)c2ccccc2)cc1. The lowest BCUT2D eigenvalue weighted by atomic mass is 9.32. The summed E-state index contributed by atoms with van der Waals surface area (Å²) >= 11 is 0. The molecule has 13 rings (SSSR count). The molecule has 0 unspecified atom stereocenters. The zero-order chi connectivity index (χ0) is 38.7. The zero-order valence-electron chi connectivity index (χ0n) is 32.3. The van der Waals surface area contributed by atoms with Gasteiger partial charge in [0.05, 0.1) is 22.2 Å². The third-order valence-electron chi connectivity index (χ3n) is 13.8. The van der Waals surface area contributed by atoms with Gasteiger partial charge in [0.25, 0.3) is 6.71 Å². The van der Waals surface area contributed by atoms with Gasteiger partial charge in [-0.2, -0.15) is 0 Å². The molecule has 0 saturated carbocycles. The standard InChI is InChI=1S/C56H37BN2/c1-5-20-38(21-6-1)55(39-22-7-2-8-23-39)42-28-13-15-34-48(42)58-50-36-19-37-51-52(50)57(46-32-17-30-44(55)53(46)58)47-33-18-31-45-54(47)59(51)49-35-16-14-29-43(49)56(45,40-24-9-3-10-25-40)41-26-11-4-12-27-41/h1-37H. The van der Waals surface area contributed by atoms with Crippen LogP contribution in [0.4, 0.5) is 34.1 Å². The lowest BCUT2D eigenvalue weighted by Crippen LogP contribution is -2.63. The Morgan fingerprint density at radius 2 is 0.576 bits per heavy atom. The first-order valence-corrected chi connectivity index (χ1v) is 20.7. The van der Waals surface area contributed by atoms with E-state index in [2.05, 4.69) is 234 Å². The van der Waals surface area contributed by atoms with Crippen LogP contribution in [0.15, 0.2) is 224 Å². The number of hydrogen-bond donors (Lipinski definition) is 0. The molecule has 0 radical (unpaired) electrons. The Balaban J connectivity index is 1.17. The number of fused-ring (bicyclic) bond motifs is 8. The number of hydrogen-bond acceptors (Lipinski definition) is 2. The van der Waals surface area contributed by atoms with Gasteiger partial charge in [0.1, 0.15) is 0 Å². The summed E-state index contributed by atoms with van der Waals surface area (Å²) in [4.78, 5) is 5.20. The van der Waals surface area contributed by atoms with E-state index in [4.69, 9.17) is 0 Å². The molecule has 9 aromatic carbocycles. The quantitative estimate of drug-likeness (QED) is 0.165. The molecule has 0 fully saturated rings. The van der Waals surface area contributed by atoms with Crippen LogP contribution >= 0.6 is 0 Å². The molecule has 0 N–H and O–H groups in total. The van der Waals surface area contributed by atoms with Crippen LogP contribution in [0.2, 0.25) is 0 Å². The van der Waals surface area contributed by atoms with Crippen LogP contribution < -0.4 is 26.2 Å². The van der Waals surface area contributed by atoms with Crippen LogP contribution in [0.1, 0.15) is 44.5 Å². The van der Waals surface area contributed by atoms with Gasteiger partial charge in [-0.25, -0.2) is 0 Å². The second-order valence-electron chi connectivity index (χ2n) is 16.3. The van der Waals surface area contributed by atoms with Gasteiger partial charge in [-0.15, -0.1) is 0 Å². The summed E-state index contributed by atoms with van der Waals surface area (Å²) in [6.45, 7) is 0.00242. The maximum absolute atomic E-state index is 2.60. The summed E-state index contributed by atoms with van der Waals surface area (Å²) in [6, 6.07) is 84.3. The third kappa shape index (κ3) is 4.02. The smallest absolute Gasteiger partial charge is 0.252 e. The van der Waals surface area contributed by atoms with Crippen molar-refractivity contribution in [2.75, 3.05) is 9.80 Å². The largest absolute Gasteiger partial charge is 0.311 e. The predicted octanol–water partition coefficient (Wildman–Crippen LogP) is 11.2. The first-order chi connectivity index (χ1) is 29.3. The Hall–Kier alpha value is -7.36. The minimum absolute atomic E-state index is 0.00242. The minimum Gasteiger partial charge on any atom is -0.311 e. The Bertz CT molecular complexity index is 2840. The number of para-hydroxylation sites is 4. The maximum Gasteiger partial charge on any atom is 0.252 e. The summed E-state index contributed by atoms with van der Waals surface area (Å²) < 4.78 is 0. The molecule has 59 heavy (non-hydrogen) atoms. The first kappa shape index (κ1) is 32.7. The molecule has 0 aliphatic carbocycles. The van der Waals surface area contributed by atoms with Crippen molar-refractivity contribution in [3.05, 3.63) is 269 Å². The van der Waals surface area contributed by atoms with E-state index in [-0.39, 0.29) is 6.71 Å². The molecule has 4 aliphatic rings. The molecule has 3 heteroatoms. The van der Waals surface area contributed by atoms with Crippen molar-refractivity contribution in [1.82, 2.24) is 0 Å². The van der Waals surface area contributed by atoms with Crippen LogP contribution in [0.25, 0.3) is 0 Å². The Morgan fingerprint density at radius 1 is 0.271 bits per heavy atom. The van der Waals surface area contributed by atoms with E-state index in [1.165, 1.54) is 95.0 Å². The third-order valence-corrected chi connectivity index (χ3v) is 13.8. The molecule has 4 aliphatic heterocycles. The molecular weight excluding hydrogens is 711 g/mol. The maximum atomic E-state index is 2.60. The van der Waals surface area contributed by atoms with Crippen LogP contribution in [-0.4, -0.2) is 6.71 Å². The number of rotatable bonds is 4. The molecular formula is C56H37BN2. The lowest BCUT2D eigenvalue weighted by molar-refractivity contribution is 0.730. The summed E-state index contributed by atoms with van der Waals surface area (Å²) in [7, 11) is 0. The molecule has 0 saturated heterocycles. The van der Waals surface area contributed by atoms with Gasteiger partial charge in [-0.05, 0) is 85.2 Å². The number of benzene rings is 9. The highest BCUT2D eigenvalue weighted by atomic mass is 15.2. The fourth-order valence-electron chi connectivity index (χ4n) is 11.7. The fourth-order valence-corrected chi connectivity index (χ4v) is 11.7. The van der Waals surface area contributed by atoms with Gasteiger partial charge in [0, 0.05) is 22.7 Å². The monoisotopic (exact) mass is 748 g/mol. The second-order valence-corrected chi connectivity index (χ2v) is 16.3. The lowest BCUT2D eigenvalue weighted by Gasteiger charge is -2.53. The van der Waals surface area contributed by atoms with Crippen molar-refractivity contribution in [1.29, 1.82) is 0 Å². The summed E-state index contributed by atoms with van der Waals surface area (Å²) in [6.07, 6.45) is 0. The summed E-state index contributed by atoms with van der Waals surface area (Å²) in [5.74, 6) is 0. The highest BCUT2D eigenvalue weighted by Gasteiger charge is 2.55. The Labute approximate surface area is 345 Å². The highest BCUT2D eigenvalue weighted by molar-refractivity contribution is 7.00. The normalized spacial score (nSPS) is 15.3. The van der Waals surface area contributed by atoms with Crippen LogP contribution in [0.3, 0.4) is 0 Å². The van der Waals surface area contributed by atoms with Gasteiger partial charge in [0.15, 0.2) is 0 Å². The van der Waals surface area contributed by atoms with Crippen molar-refractivity contribution in [2.24, 2.45) is 0 Å². The van der Waals surface area contributed by atoms with Gasteiger partial charge in [-0.3, -0.25) is 0 Å². The minimum atomic E-state index is -0.540. The topological polar surface area (TPSA) is 6.48 Å². The number of anilines is 6. The molecule has 9 aromatic rings. The van der Waals surface area contributed by atoms with Crippen LogP contribution in [0.5, 0.6) is 0 Å². The molecule has 0 aromatic heterocycles. The summed E-state index contributed by atoms with van der Waals surface area (Å²) in [5.41, 5.74) is 20.7. The van der Waals surface area contributed by atoms with Crippen molar-refractivity contribution >= 4 is 57.2 Å². The van der Waals surface area contributed by atoms with Gasteiger partial charge in [-0.1, -0.05) is 200 Å². The summed E-state index contributed by atoms with van der Waals surface area (Å²) in [5, 5.41) is 0. The zero-order valence-corrected chi connectivity index (χ0v) is 32.3. The van der Waals surface area contributed by atoms with E-state index >= 15 is 0 Å². The van der Waals surface area contributed by atoms with E-state index in [1.807, 2.05) is 0 Å². The Kier molecular flexibility index (Phi) is 6.70. The van der Waals surface area contributed by atoms with Crippen LogP contribution in [0, 0.1) is 0 Å². The molecule has 0 amide bonds. The van der Waals surface area contributed by atoms with Gasteiger partial charge in [0.2, 0.25) is 0 Å². The highest BCUT2D eigenvalue weighted by Crippen LogP contribution is 2.61.